The van der Waals surface area contributed by atoms with Crippen molar-refractivity contribution in [3.8, 4) is 5.75 Å². The molecule has 0 amide bonds. The van der Waals surface area contributed by atoms with Crippen LogP contribution in [0.4, 0.5) is 34.5 Å². The Balaban J connectivity index is 1.36. The van der Waals surface area contributed by atoms with Gasteiger partial charge in [0.05, 0.1) is 30.3 Å². The van der Waals surface area contributed by atoms with E-state index in [0.29, 0.717) is 51.4 Å². The molecule has 0 radical (unpaired) electrons. The van der Waals surface area contributed by atoms with Crippen LogP contribution in [0.5, 0.6) is 5.75 Å². The van der Waals surface area contributed by atoms with Crippen molar-refractivity contribution in [2.24, 2.45) is 11.7 Å². The van der Waals surface area contributed by atoms with Crippen molar-refractivity contribution >= 4 is 61.6 Å². The molecule has 2 aliphatic rings. The molecular formula is C32H39N9O3S. The number of hydrogen-bond donors (Lipinski definition) is 3. The largest absolute Gasteiger partial charge is 0.494 e. The minimum atomic E-state index is -3.62. The van der Waals surface area contributed by atoms with E-state index in [2.05, 4.69) is 49.2 Å². The number of piperidine rings is 1. The lowest BCUT2D eigenvalue weighted by Crippen LogP contribution is -2.40. The highest BCUT2D eigenvalue weighted by molar-refractivity contribution is 7.92. The van der Waals surface area contributed by atoms with E-state index in [-0.39, 0.29) is 6.04 Å². The Kier molecular flexibility index (Phi) is 8.47. The Morgan fingerprint density at radius 1 is 1.09 bits per heavy atom. The lowest BCUT2D eigenvalue weighted by molar-refractivity contribution is 0.416. The maximum Gasteiger partial charge on any atom is 0.232 e. The van der Waals surface area contributed by atoms with Gasteiger partial charge in [-0.3, -0.25) is 14.3 Å². The number of ether oxygens (including phenoxy) is 1. The van der Waals surface area contributed by atoms with E-state index in [0.717, 1.165) is 44.3 Å². The van der Waals surface area contributed by atoms with E-state index in [1.54, 1.807) is 37.7 Å². The van der Waals surface area contributed by atoms with Crippen molar-refractivity contribution in [3.05, 3.63) is 60.6 Å². The Morgan fingerprint density at radius 2 is 1.84 bits per heavy atom. The molecule has 2 fully saturated rings. The number of nitrogens with one attached hydrogen (secondary N) is 2. The molecule has 4 N–H and O–H groups in total. The maximum atomic E-state index is 12.6. The van der Waals surface area contributed by atoms with Crippen molar-refractivity contribution in [2.75, 3.05) is 53.3 Å². The Hall–Kier alpha value is -4.49. The Labute approximate surface area is 263 Å². The number of nitrogens with zero attached hydrogens (tertiary/aromatic N) is 6. The fourth-order valence-corrected chi connectivity index (χ4v) is 6.18. The van der Waals surface area contributed by atoms with Crippen LogP contribution in [-0.2, 0) is 16.4 Å². The molecule has 13 heteroatoms. The highest BCUT2D eigenvalue weighted by atomic mass is 32.2. The molecule has 3 heterocycles. The second-order valence-electron chi connectivity index (χ2n) is 11.7. The average Bonchev–Trinajstić information content (AvgIpc) is 3.85. The molecule has 45 heavy (non-hydrogen) atoms. The average molecular weight is 630 g/mol. The number of hydrogen-bond acceptors (Lipinski definition) is 11. The molecule has 2 aromatic carbocycles. The first-order valence-corrected chi connectivity index (χ1v) is 16.9. The summed E-state index contributed by atoms with van der Waals surface area (Å²) in [5.41, 5.74) is 11.9. The van der Waals surface area contributed by atoms with Gasteiger partial charge in [-0.25, -0.2) is 13.4 Å². The van der Waals surface area contributed by atoms with Gasteiger partial charge in [-0.2, -0.15) is 4.98 Å². The van der Waals surface area contributed by atoms with Crippen LogP contribution in [0, 0.1) is 5.92 Å². The van der Waals surface area contributed by atoms with Crippen molar-refractivity contribution in [1.82, 2.24) is 19.9 Å². The second-order valence-corrected chi connectivity index (χ2v) is 13.7. The van der Waals surface area contributed by atoms with E-state index in [1.165, 1.54) is 41.6 Å². The molecule has 1 aliphatic carbocycles. The number of benzene rings is 2. The van der Waals surface area contributed by atoms with Crippen LogP contribution in [0.2, 0.25) is 0 Å². The molecule has 1 saturated heterocycles. The molecule has 0 unspecified atom stereocenters. The first-order valence-electron chi connectivity index (χ1n) is 15.1. The predicted octanol–water partition coefficient (Wildman–Crippen LogP) is 4.83. The normalized spacial score (nSPS) is 15.6. The van der Waals surface area contributed by atoms with Gasteiger partial charge in [-0.15, -0.1) is 0 Å². The quantitative estimate of drug-likeness (QED) is 0.209. The van der Waals surface area contributed by atoms with Gasteiger partial charge < -0.3 is 26.0 Å². The lowest BCUT2D eigenvalue weighted by atomic mass is 10.00. The van der Waals surface area contributed by atoms with Crippen LogP contribution in [0.3, 0.4) is 0 Å². The SMILES string of the molecule is C=Cc1cnc(Nc2cc(CC3CC3)c(N3CCC(N)CC3)cc2OC)nc1Nc1ccc2nccnc2c1N(C)S(C)(=O)=O. The molecule has 236 valence electrons. The first-order chi connectivity index (χ1) is 21.6. The minimum Gasteiger partial charge on any atom is -0.494 e. The van der Waals surface area contributed by atoms with Gasteiger partial charge in [-0.05, 0) is 61.8 Å². The minimum absolute atomic E-state index is 0.250. The number of methoxy groups -OCH3 is 1. The second kappa shape index (κ2) is 12.5. The summed E-state index contributed by atoms with van der Waals surface area (Å²) in [6.07, 6.45) is 13.0. The van der Waals surface area contributed by atoms with E-state index in [4.69, 9.17) is 15.5 Å². The zero-order chi connectivity index (χ0) is 31.7. The predicted molar refractivity (Wildman–Crippen MR) is 180 cm³/mol. The summed E-state index contributed by atoms with van der Waals surface area (Å²) in [4.78, 5) is 20.5. The molecule has 4 aromatic rings. The first kappa shape index (κ1) is 30.5. The monoisotopic (exact) mass is 629 g/mol. The number of fused-ring (bicyclic) bond motifs is 1. The Bertz CT molecular complexity index is 1840. The van der Waals surface area contributed by atoms with Crippen LogP contribution < -0.4 is 30.3 Å². The van der Waals surface area contributed by atoms with E-state index >= 15 is 0 Å². The third-order valence-corrected chi connectivity index (χ3v) is 9.63. The topological polar surface area (TPSA) is 151 Å². The number of anilines is 6. The molecule has 0 bridgehead atoms. The van der Waals surface area contributed by atoms with Crippen molar-refractivity contribution in [1.29, 1.82) is 0 Å². The highest BCUT2D eigenvalue weighted by Crippen LogP contribution is 2.41. The molecule has 2 aromatic heterocycles. The van der Waals surface area contributed by atoms with Gasteiger partial charge in [0.25, 0.3) is 0 Å². The zero-order valence-electron chi connectivity index (χ0n) is 25.8. The molecular weight excluding hydrogens is 590 g/mol. The highest BCUT2D eigenvalue weighted by Gasteiger charge is 2.27. The molecule has 1 saturated carbocycles. The van der Waals surface area contributed by atoms with Gasteiger partial charge in [-0.1, -0.05) is 12.7 Å². The summed E-state index contributed by atoms with van der Waals surface area (Å²) in [7, 11) is -0.475. The van der Waals surface area contributed by atoms with Gasteiger partial charge in [0.1, 0.15) is 22.8 Å². The summed E-state index contributed by atoms with van der Waals surface area (Å²) < 4.78 is 32.3. The number of rotatable bonds is 11. The van der Waals surface area contributed by atoms with Crippen molar-refractivity contribution in [3.63, 3.8) is 0 Å². The lowest BCUT2D eigenvalue weighted by Gasteiger charge is -2.34. The third-order valence-electron chi connectivity index (χ3n) is 8.45. The molecule has 1 aliphatic heterocycles. The van der Waals surface area contributed by atoms with Crippen LogP contribution >= 0.6 is 0 Å². The maximum absolute atomic E-state index is 12.6. The fourth-order valence-electron chi connectivity index (χ4n) is 5.67. The molecule has 0 atom stereocenters. The van der Waals surface area contributed by atoms with Gasteiger partial charge in [0.2, 0.25) is 16.0 Å². The molecule has 12 nitrogen and oxygen atoms in total. The van der Waals surface area contributed by atoms with E-state index < -0.39 is 10.0 Å². The summed E-state index contributed by atoms with van der Waals surface area (Å²) >= 11 is 0. The van der Waals surface area contributed by atoms with Crippen LogP contribution in [0.15, 0.2) is 49.4 Å². The summed E-state index contributed by atoms with van der Waals surface area (Å²) in [6.45, 7) is 5.77. The summed E-state index contributed by atoms with van der Waals surface area (Å²) in [5.74, 6) is 2.17. The summed E-state index contributed by atoms with van der Waals surface area (Å²) in [5, 5.41) is 6.68. The molecule has 0 spiro atoms. The van der Waals surface area contributed by atoms with Crippen molar-refractivity contribution < 1.29 is 13.2 Å². The number of sulfonamides is 1. The van der Waals surface area contributed by atoms with Gasteiger partial charge in [0, 0.05) is 62.1 Å². The summed E-state index contributed by atoms with van der Waals surface area (Å²) in [6, 6.07) is 8.05. The van der Waals surface area contributed by atoms with Crippen molar-refractivity contribution in [2.45, 2.75) is 38.1 Å². The fraction of sp³-hybridized carbons (Fsp3) is 0.375. The van der Waals surface area contributed by atoms with E-state index in [1.807, 2.05) is 0 Å². The standard InChI is InChI=1S/C32H39N9O3S/c1-5-21-19-36-32(39-31(21)37-25-9-8-24-29(35-13-12-34-24)30(25)40(2)45(4,42)43)38-26-17-22(16-20-6-7-20)27(18-28(26)44-3)41-14-10-23(33)11-15-41/h5,8-9,12-13,17-20,23H,1,6-7,10-11,14-16,33H2,2-4H3,(H2,36,37,38,39). The van der Waals surface area contributed by atoms with Gasteiger partial charge in [0.15, 0.2) is 0 Å². The zero-order valence-corrected chi connectivity index (χ0v) is 26.6. The smallest absolute Gasteiger partial charge is 0.232 e. The number of nitrogens with two attached hydrogens (primary N) is 1. The van der Waals surface area contributed by atoms with Crippen LogP contribution in [0.1, 0.15) is 36.8 Å². The number of aromatic nitrogens is 4. The van der Waals surface area contributed by atoms with Gasteiger partial charge >= 0.3 is 0 Å². The van der Waals surface area contributed by atoms with Crippen LogP contribution in [0.25, 0.3) is 17.1 Å². The Morgan fingerprint density at radius 3 is 2.53 bits per heavy atom. The van der Waals surface area contributed by atoms with E-state index in [9.17, 15) is 8.42 Å². The third kappa shape index (κ3) is 6.64. The molecule has 6 rings (SSSR count). The van der Waals surface area contributed by atoms with Crippen LogP contribution in [-0.4, -0.2) is 67.9 Å².